The summed E-state index contributed by atoms with van der Waals surface area (Å²) in [5.74, 6) is 0.0634. The van der Waals surface area contributed by atoms with Crippen molar-refractivity contribution < 1.29 is 19.4 Å². The summed E-state index contributed by atoms with van der Waals surface area (Å²) >= 11 is 0.954. The Balaban J connectivity index is 2.57. The summed E-state index contributed by atoms with van der Waals surface area (Å²) in [6, 6.07) is 5.14. The molecule has 1 N–H and O–H groups in total. The number of thiazole rings is 1. The van der Waals surface area contributed by atoms with Crippen LogP contribution in [0.1, 0.15) is 0 Å². The Morgan fingerprint density at radius 1 is 1.35 bits per heavy atom. The SMILES string of the molecule is COc1ccc(-c2csc(=O)n2CC(=O)O)c(OC)c1. The fourth-order valence-corrected chi connectivity index (χ4v) is 2.59. The summed E-state index contributed by atoms with van der Waals surface area (Å²) in [7, 11) is 3.05. The van der Waals surface area contributed by atoms with Gasteiger partial charge in [0.1, 0.15) is 18.0 Å². The summed E-state index contributed by atoms with van der Waals surface area (Å²) in [4.78, 5) is 22.3. The van der Waals surface area contributed by atoms with Crippen molar-refractivity contribution in [1.82, 2.24) is 4.57 Å². The molecule has 0 spiro atoms. The number of carboxylic acid groups (broad SMARTS) is 1. The number of hydrogen-bond acceptors (Lipinski definition) is 5. The van der Waals surface area contributed by atoms with Crippen LogP contribution in [-0.2, 0) is 11.3 Å². The molecule has 106 valence electrons. The zero-order valence-corrected chi connectivity index (χ0v) is 11.8. The maximum atomic E-state index is 11.7. The number of carboxylic acids is 1. The lowest BCUT2D eigenvalue weighted by Gasteiger charge is -2.11. The predicted octanol–water partition coefficient (Wildman–Crippen LogP) is 1.68. The van der Waals surface area contributed by atoms with Gasteiger partial charge in [-0.2, -0.15) is 0 Å². The molecule has 1 heterocycles. The van der Waals surface area contributed by atoms with E-state index in [1.54, 1.807) is 30.7 Å². The molecule has 2 aromatic rings. The largest absolute Gasteiger partial charge is 0.497 e. The van der Waals surface area contributed by atoms with Crippen LogP contribution in [0.25, 0.3) is 11.3 Å². The molecule has 2 rings (SSSR count). The van der Waals surface area contributed by atoms with E-state index in [4.69, 9.17) is 14.6 Å². The summed E-state index contributed by atoms with van der Waals surface area (Å²) in [5.41, 5.74) is 1.16. The van der Waals surface area contributed by atoms with Gasteiger partial charge < -0.3 is 14.6 Å². The maximum absolute atomic E-state index is 11.7. The normalized spacial score (nSPS) is 10.3. The number of aliphatic carboxylic acids is 1. The standard InChI is InChI=1S/C13H13NO5S/c1-18-8-3-4-9(11(5-8)19-2)10-7-20-13(17)14(10)6-12(15)16/h3-5,7H,6H2,1-2H3,(H,15,16). The van der Waals surface area contributed by atoms with Crippen molar-refractivity contribution in [2.75, 3.05) is 14.2 Å². The Hall–Kier alpha value is -2.28. The quantitative estimate of drug-likeness (QED) is 0.908. The van der Waals surface area contributed by atoms with Crippen molar-refractivity contribution in [1.29, 1.82) is 0 Å². The van der Waals surface area contributed by atoms with E-state index in [0.29, 0.717) is 22.8 Å². The molecule has 20 heavy (non-hydrogen) atoms. The van der Waals surface area contributed by atoms with Gasteiger partial charge in [-0.05, 0) is 12.1 Å². The molecule has 0 saturated heterocycles. The molecular weight excluding hydrogens is 282 g/mol. The maximum Gasteiger partial charge on any atom is 0.323 e. The average Bonchev–Trinajstić information content (AvgIpc) is 2.79. The first-order valence-electron chi connectivity index (χ1n) is 5.69. The molecule has 0 aliphatic heterocycles. The van der Waals surface area contributed by atoms with Gasteiger partial charge in [-0.25, -0.2) is 0 Å². The van der Waals surface area contributed by atoms with Crippen molar-refractivity contribution in [3.05, 3.63) is 33.2 Å². The van der Waals surface area contributed by atoms with E-state index < -0.39 is 5.97 Å². The highest BCUT2D eigenvalue weighted by molar-refractivity contribution is 7.07. The molecule has 6 nitrogen and oxygen atoms in total. The van der Waals surface area contributed by atoms with E-state index in [9.17, 15) is 9.59 Å². The fourth-order valence-electron chi connectivity index (χ4n) is 1.84. The van der Waals surface area contributed by atoms with Crippen molar-refractivity contribution in [3.8, 4) is 22.8 Å². The third-order valence-corrected chi connectivity index (χ3v) is 3.52. The molecular formula is C13H13NO5S. The van der Waals surface area contributed by atoms with Crippen LogP contribution in [0.3, 0.4) is 0 Å². The highest BCUT2D eigenvalue weighted by Crippen LogP contribution is 2.33. The van der Waals surface area contributed by atoms with E-state index >= 15 is 0 Å². The Kier molecular flexibility index (Phi) is 4.09. The molecule has 0 amide bonds. The fraction of sp³-hybridized carbons (Fsp3) is 0.231. The van der Waals surface area contributed by atoms with Crippen LogP contribution < -0.4 is 14.3 Å². The minimum atomic E-state index is -1.07. The Bertz CT molecular complexity index is 688. The lowest BCUT2D eigenvalue weighted by atomic mass is 10.1. The minimum absolute atomic E-state index is 0.319. The van der Waals surface area contributed by atoms with Gasteiger partial charge in [-0.1, -0.05) is 11.3 Å². The number of methoxy groups -OCH3 is 2. The third-order valence-electron chi connectivity index (χ3n) is 2.76. The first-order valence-corrected chi connectivity index (χ1v) is 6.57. The highest BCUT2D eigenvalue weighted by atomic mass is 32.1. The molecule has 1 aromatic carbocycles. The van der Waals surface area contributed by atoms with Crippen molar-refractivity contribution in [3.63, 3.8) is 0 Å². The van der Waals surface area contributed by atoms with E-state index in [1.807, 2.05) is 0 Å². The third kappa shape index (κ3) is 2.67. The van der Waals surface area contributed by atoms with Gasteiger partial charge in [-0.3, -0.25) is 14.2 Å². The number of ether oxygens (including phenoxy) is 2. The van der Waals surface area contributed by atoms with Crippen LogP contribution >= 0.6 is 11.3 Å². The van der Waals surface area contributed by atoms with Crippen LogP contribution in [0.5, 0.6) is 11.5 Å². The minimum Gasteiger partial charge on any atom is -0.497 e. The van der Waals surface area contributed by atoms with Gasteiger partial charge in [0, 0.05) is 17.0 Å². The van der Waals surface area contributed by atoms with E-state index in [1.165, 1.54) is 11.7 Å². The summed E-state index contributed by atoms with van der Waals surface area (Å²) in [6.45, 7) is -0.382. The predicted molar refractivity (Wildman–Crippen MR) is 74.8 cm³/mol. The molecule has 0 fully saturated rings. The van der Waals surface area contributed by atoms with Crippen LogP contribution in [0.4, 0.5) is 0 Å². The molecule has 0 radical (unpaired) electrons. The van der Waals surface area contributed by atoms with Gasteiger partial charge in [-0.15, -0.1) is 0 Å². The van der Waals surface area contributed by atoms with Gasteiger partial charge in [0.05, 0.1) is 19.9 Å². The molecule has 0 atom stereocenters. The monoisotopic (exact) mass is 295 g/mol. The summed E-state index contributed by atoms with van der Waals surface area (Å²) in [5, 5.41) is 10.5. The van der Waals surface area contributed by atoms with Crippen molar-refractivity contribution in [2.24, 2.45) is 0 Å². The number of benzene rings is 1. The lowest BCUT2D eigenvalue weighted by molar-refractivity contribution is -0.137. The van der Waals surface area contributed by atoms with E-state index in [2.05, 4.69) is 0 Å². The second-order valence-corrected chi connectivity index (χ2v) is 4.75. The molecule has 0 aliphatic rings. The molecule has 0 aliphatic carbocycles. The molecule has 7 heteroatoms. The molecule has 0 unspecified atom stereocenters. The second-order valence-electron chi connectivity index (χ2n) is 3.93. The zero-order chi connectivity index (χ0) is 14.7. The van der Waals surface area contributed by atoms with Crippen LogP contribution in [-0.4, -0.2) is 29.9 Å². The van der Waals surface area contributed by atoms with Crippen molar-refractivity contribution >= 4 is 17.3 Å². The van der Waals surface area contributed by atoms with Gasteiger partial charge in [0.2, 0.25) is 0 Å². The van der Waals surface area contributed by atoms with Crippen LogP contribution in [0, 0.1) is 0 Å². The Morgan fingerprint density at radius 3 is 2.70 bits per heavy atom. The van der Waals surface area contributed by atoms with Gasteiger partial charge >= 0.3 is 10.8 Å². The smallest absolute Gasteiger partial charge is 0.323 e. The highest BCUT2D eigenvalue weighted by Gasteiger charge is 2.15. The number of hydrogen-bond donors (Lipinski definition) is 1. The number of aromatic nitrogens is 1. The Morgan fingerprint density at radius 2 is 2.10 bits per heavy atom. The number of rotatable bonds is 5. The van der Waals surface area contributed by atoms with E-state index in [-0.39, 0.29) is 11.4 Å². The van der Waals surface area contributed by atoms with Gasteiger partial charge in [0.25, 0.3) is 0 Å². The second kappa shape index (κ2) is 5.79. The van der Waals surface area contributed by atoms with Crippen molar-refractivity contribution in [2.45, 2.75) is 6.54 Å². The van der Waals surface area contributed by atoms with Gasteiger partial charge in [0.15, 0.2) is 0 Å². The molecule has 1 aromatic heterocycles. The molecule has 0 bridgehead atoms. The van der Waals surface area contributed by atoms with Crippen LogP contribution in [0.15, 0.2) is 28.4 Å². The topological polar surface area (TPSA) is 77.8 Å². The Labute approximate surface area is 118 Å². The summed E-state index contributed by atoms with van der Waals surface area (Å²) < 4.78 is 11.6. The first kappa shape index (κ1) is 14.1. The number of carbonyl (C=O) groups is 1. The zero-order valence-electron chi connectivity index (χ0n) is 11.0. The average molecular weight is 295 g/mol. The van der Waals surface area contributed by atoms with Crippen LogP contribution in [0.2, 0.25) is 0 Å². The first-order chi connectivity index (χ1) is 9.56. The lowest BCUT2D eigenvalue weighted by Crippen LogP contribution is -2.19. The molecule has 0 saturated carbocycles. The number of nitrogens with zero attached hydrogens (tertiary/aromatic N) is 1. The van der Waals surface area contributed by atoms with E-state index in [0.717, 1.165) is 11.3 Å². The summed E-state index contributed by atoms with van der Waals surface area (Å²) in [6.07, 6.45) is 0.